The number of aromatic nitrogens is 2. The summed E-state index contributed by atoms with van der Waals surface area (Å²) in [7, 11) is -3.20. The van der Waals surface area contributed by atoms with Gasteiger partial charge in [-0.2, -0.15) is 0 Å². The minimum atomic E-state index is -3.20. The van der Waals surface area contributed by atoms with Crippen LogP contribution in [0.5, 0.6) is 11.6 Å². The van der Waals surface area contributed by atoms with Crippen molar-refractivity contribution in [3.63, 3.8) is 0 Å². The molecular weight excluding hydrogens is 254 g/mol. The molecule has 7 heteroatoms. The second-order valence-corrected chi connectivity index (χ2v) is 5.64. The van der Waals surface area contributed by atoms with Crippen LogP contribution in [0.3, 0.4) is 0 Å². The molecule has 94 valence electrons. The summed E-state index contributed by atoms with van der Waals surface area (Å²) < 4.78 is 27.9. The molecule has 6 nitrogen and oxygen atoms in total. The third-order valence-corrected chi connectivity index (χ3v) is 3.27. The zero-order chi connectivity index (χ0) is 13.2. The van der Waals surface area contributed by atoms with Crippen molar-refractivity contribution in [2.75, 3.05) is 12.0 Å². The minimum absolute atomic E-state index is 0.233. The molecule has 0 aliphatic heterocycles. The number of sulfone groups is 1. The lowest BCUT2D eigenvalue weighted by atomic mass is 10.3. The van der Waals surface area contributed by atoms with Gasteiger partial charge in [0.25, 0.3) is 0 Å². The fraction of sp³-hybridized carbons (Fsp3) is 0.0909. The largest absolute Gasteiger partial charge is 0.439 e. The van der Waals surface area contributed by atoms with Gasteiger partial charge in [-0.15, -0.1) is 0 Å². The van der Waals surface area contributed by atoms with Crippen LogP contribution in [-0.4, -0.2) is 24.6 Å². The second-order valence-electron chi connectivity index (χ2n) is 3.63. The maximum absolute atomic E-state index is 11.3. The molecule has 1 aromatic heterocycles. The number of ether oxygens (including phenoxy) is 1. The van der Waals surface area contributed by atoms with Crippen LogP contribution in [0.15, 0.2) is 41.6 Å². The van der Waals surface area contributed by atoms with E-state index in [-0.39, 0.29) is 4.90 Å². The third kappa shape index (κ3) is 2.95. The molecule has 0 saturated carbocycles. The number of anilines is 1. The number of hydrogen-bond acceptors (Lipinski definition) is 6. The number of nitrogens with zero attached hydrogens (tertiary/aromatic N) is 2. The molecule has 0 spiro atoms. The van der Waals surface area contributed by atoms with Gasteiger partial charge < -0.3 is 10.5 Å². The van der Waals surface area contributed by atoms with Crippen molar-refractivity contribution in [2.45, 2.75) is 4.90 Å². The number of hydrogen-bond donors (Lipinski definition) is 1. The summed E-state index contributed by atoms with van der Waals surface area (Å²) in [6.45, 7) is 0. The van der Waals surface area contributed by atoms with Gasteiger partial charge >= 0.3 is 0 Å². The smallest absolute Gasteiger partial charge is 0.224 e. The first-order valence-electron chi connectivity index (χ1n) is 5.00. The number of nitrogens with two attached hydrogens (primary N) is 1. The Hall–Kier alpha value is -2.15. The maximum Gasteiger partial charge on any atom is 0.224 e. The van der Waals surface area contributed by atoms with Gasteiger partial charge in [0, 0.05) is 12.3 Å². The Bertz CT molecular complexity index is 653. The molecule has 0 fully saturated rings. The normalized spacial score (nSPS) is 11.2. The summed E-state index contributed by atoms with van der Waals surface area (Å²) in [4.78, 5) is 7.84. The van der Waals surface area contributed by atoms with E-state index in [1.807, 2.05) is 0 Å². The maximum atomic E-state index is 11.3. The van der Waals surface area contributed by atoms with E-state index in [0.717, 1.165) is 6.26 Å². The van der Waals surface area contributed by atoms with Crippen LogP contribution >= 0.6 is 0 Å². The monoisotopic (exact) mass is 265 g/mol. The van der Waals surface area contributed by atoms with Gasteiger partial charge in [-0.1, -0.05) is 0 Å². The fourth-order valence-corrected chi connectivity index (χ4v) is 1.92. The molecule has 0 aliphatic carbocycles. The number of benzene rings is 1. The standard InChI is InChI=1S/C11H11N3O3S/c1-18(15,16)9-4-2-8(3-5-9)17-11-6-10(12)13-7-14-11/h2-7H,1H3,(H2,12,13,14). The predicted molar refractivity (Wildman–Crippen MR) is 66.1 cm³/mol. The van der Waals surface area contributed by atoms with Gasteiger partial charge in [-0.3, -0.25) is 0 Å². The zero-order valence-corrected chi connectivity index (χ0v) is 10.4. The van der Waals surface area contributed by atoms with Crippen LogP contribution < -0.4 is 10.5 Å². The number of nitrogen functional groups attached to an aromatic ring is 1. The third-order valence-electron chi connectivity index (χ3n) is 2.14. The molecule has 2 aromatic rings. The predicted octanol–water partition coefficient (Wildman–Crippen LogP) is 1.25. The van der Waals surface area contributed by atoms with E-state index in [1.54, 1.807) is 12.1 Å². The molecule has 18 heavy (non-hydrogen) atoms. The Morgan fingerprint density at radius 2 is 1.83 bits per heavy atom. The van der Waals surface area contributed by atoms with Crippen molar-refractivity contribution in [1.29, 1.82) is 0 Å². The van der Waals surface area contributed by atoms with E-state index in [4.69, 9.17) is 10.5 Å². The Labute approximate surface area is 104 Å². The fourth-order valence-electron chi connectivity index (χ4n) is 1.28. The van der Waals surface area contributed by atoms with Crippen molar-refractivity contribution >= 4 is 15.7 Å². The molecular formula is C11H11N3O3S. The topological polar surface area (TPSA) is 95.2 Å². The summed E-state index contributed by atoms with van der Waals surface area (Å²) in [5, 5.41) is 0. The van der Waals surface area contributed by atoms with Gasteiger partial charge in [-0.25, -0.2) is 18.4 Å². The van der Waals surface area contributed by atoms with Gasteiger partial charge in [0.05, 0.1) is 4.90 Å². The highest BCUT2D eigenvalue weighted by Gasteiger charge is 2.07. The summed E-state index contributed by atoms with van der Waals surface area (Å²) in [5.74, 6) is 1.07. The summed E-state index contributed by atoms with van der Waals surface area (Å²) in [5.41, 5.74) is 5.48. The average Bonchev–Trinajstić information content (AvgIpc) is 2.28. The Balaban J connectivity index is 2.21. The second kappa shape index (κ2) is 4.61. The van der Waals surface area contributed by atoms with Gasteiger partial charge in [-0.05, 0) is 24.3 Å². The van der Waals surface area contributed by atoms with E-state index < -0.39 is 9.84 Å². The average molecular weight is 265 g/mol. The van der Waals surface area contributed by atoms with E-state index in [0.29, 0.717) is 17.4 Å². The first-order valence-corrected chi connectivity index (χ1v) is 6.90. The molecule has 2 rings (SSSR count). The highest BCUT2D eigenvalue weighted by molar-refractivity contribution is 7.90. The van der Waals surface area contributed by atoms with Crippen molar-refractivity contribution in [3.8, 4) is 11.6 Å². The van der Waals surface area contributed by atoms with Gasteiger partial charge in [0.2, 0.25) is 5.88 Å². The molecule has 0 atom stereocenters. The molecule has 1 aromatic carbocycles. The van der Waals surface area contributed by atoms with E-state index >= 15 is 0 Å². The summed E-state index contributed by atoms with van der Waals surface area (Å²) >= 11 is 0. The van der Waals surface area contributed by atoms with Crippen LogP contribution in [0.25, 0.3) is 0 Å². The van der Waals surface area contributed by atoms with Crippen LogP contribution in [0.1, 0.15) is 0 Å². The van der Waals surface area contributed by atoms with Crippen LogP contribution in [0.4, 0.5) is 5.82 Å². The quantitative estimate of drug-likeness (QED) is 0.897. The number of rotatable bonds is 3. The lowest BCUT2D eigenvalue weighted by molar-refractivity contribution is 0.461. The van der Waals surface area contributed by atoms with Crippen molar-refractivity contribution in [3.05, 3.63) is 36.7 Å². The summed E-state index contributed by atoms with van der Waals surface area (Å²) in [6.07, 6.45) is 2.43. The summed E-state index contributed by atoms with van der Waals surface area (Å²) in [6, 6.07) is 7.51. The molecule has 0 bridgehead atoms. The molecule has 1 heterocycles. The molecule has 0 unspecified atom stereocenters. The Morgan fingerprint density at radius 1 is 1.17 bits per heavy atom. The molecule has 0 radical (unpaired) electrons. The first-order chi connectivity index (χ1) is 8.45. The van der Waals surface area contributed by atoms with Crippen molar-refractivity contribution in [2.24, 2.45) is 0 Å². The lowest BCUT2D eigenvalue weighted by Gasteiger charge is -2.05. The minimum Gasteiger partial charge on any atom is -0.439 e. The zero-order valence-electron chi connectivity index (χ0n) is 9.57. The molecule has 0 saturated heterocycles. The van der Waals surface area contributed by atoms with Crippen molar-refractivity contribution in [1.82, 2.24) is 9.97 Å². The van der Waals surface area contributed by atoms with Gasteiger partial charge in [0.15, 0.2) is 9.84 Å². The van der Waals surface area contributed by atoms with Gasteiger partial charge in [0.1, 0.15) is 17.9 Å². The van der Waals surface area contributed by atoms with Crippen LogP contribution in [-0.2, 0) is 9.84 Å². The van der Waals surface area contributed by atoms with Crippen molar-refractivity contribution < 1.29 is 13.2 Å². The highest BCUT2D eigenvalue weighted by atomic mass is 32.2. The molecule has 0 aliphatic rings. The van der Waals surface area contributed by atoms with Crippen LogP contribution in [0.2, 0.25) is 0 Å². The van der Waals surface area contributed by atoms with E-state index in [2.05, 4.69) is 9.97 Å². The Morgan fingerprint density at radius 3 is 2.39 bits per heavy atom. The first kappa shape index (κ1) is 12.3. The van der Waals surface area contributed by atoms with E-state index in [9.17, 15) is 8.42 Å². The SMILES string of the molecule is CS(=O)(=O)c1ccc(Oc2cc(N)ncn2)cc1. The van der Waals surface area contributed by atoms with E-state index in [1.165, 1.54) is 24.5 Å². The molecule has 0 amide bonds. The highest BCUT2D eigenvalue weighted by Crippen LogP contribution is 2.21. The van der Waals surface area contributed by atoms with Crippen LogP contribution in [0, 0.1) is 0 Å². The lowest BCUT2D eigenvalue weighted by Crippen LogP contribution is -1.97. The Kier molecular flexibility index (Phi) is 3.15. The molecule has 2 N–H and O–H groups in total.